The van der Waals surface area contributed by atoms with Gasteiger partial charge in [-0.15, -0.1) is 0 Å². The van der Waals surface area contributed by atoms with Gasteiger partial charge in [0.15, 0.2) is 0 Å². The van der Waals surface area contributed by atoms with Gasteiger partial charge in [-0.1, -0.05) is 159 Å². The van der Waals surface area contributed by atoms with Gasteiger partial charge in [-0.3, -0.25) is 0 Å². The molecule has 0 fully saturated rings. The van der Waals surface area contributed by atoms with E-state index < -0.39 is 0 Å². The Hall–Kier alpha value is -7.16. The van der Waals surface area contributed by atoms with Gasteiger partial charge in [-0.05, 0) is 114 Å². The van der Waals surface area contributed by atoms with Crippen LogP contribution in [0.15, 0.2) is 199 Å². The third-order valence-electron chi connectivity index (χ3n) is 11.6. The molecule has 0 bridgehead atoms. The van der Waals surface area contributed by atoms with Crippen molar-refractivity contribution in [2.75, 3.05) is 4.90 Å². The Labute approximate surface area is 325 Å². The number of fused-ring (bicyclic) bond motifs is 9. The highest BCUT2D eigenvalue weighted by molar-refractivity contribution is 6.12. The third kappa shape index (κ3) is 5.26. The van der Waals surface area contributed by atoms with E-state index in [-0.39, 0.29) is 5.92 Å². The molecule has 2 nitrogen and oxygen atoms in total. The first-order valence-corrected chi connectivity index (χ1v) is 19.4. The second kappa shape index (κ2) is 13.0. The molecular formula is C54H37NO. The molecule has 0 spiro atoms. The first-order chi connectivity index (χ1) is 27.7. The van der Waals surface area contributed by atoms with Gasteiger partial charge in [-0.25, -0.2) is 0 Å². The highest BCUT2D eigenvalue weighted by Crippen LogP contribution is 2.46. The number of furan rings is 1. The molecule has 0 aliphatic heterocycles. The fourth-order valence-corrected chi connectivity index (χ4v) is 8.92. The van der Waals surface area contributed by atoms with Crippen LogP contribution in [0.5, 0.6) is 0 Å². The zero-order valence-electron chi connectivity index (χ0n) is 31.0. The summed E-state index contributed by atoms with van der Waals surface area (Å²) in [7, 11) is 0. The van der Waals surface area contributed by atoms with E-state index in [1.54, 1.807) is 0 Å². The average molecular weight is 716 g/mol. The van der Waals surface area contributed by atoms with Crippen LogP contribution < -0.4 is 4.90 Å². The van der Waals surface area contributed by atoms with Crippen LogP contribution in [0.4, 0.5) is 17.1 Å². The van der Waals surface area contributed by atoms with E-state index in [9.17, 15) is 0 Å². The number of para-hydroxylation sites is 1. The molecule has 0 saturated heterocycles. The number of allylic oxidation sites excluding steroid dienone is 3. The highest BCUT2D eigenvalue weighted by atomic mass is 16.3. The fraction of sp³-hybridized carbons (Fsp3) is 0.0370. The molecule has 0 radical (unpaired) electrons. The summed E-state index contributed by atoms with van der Waals surface area (Å²) in [5, 5.41) is 9.86. The summed E-state index contributed by atoms with van der Waals surface area (Å²) in [5.74, 6) is 0.211. The minimum atomic E-state index is 0.211. The second-order valence-corrected chi connectivity index (χ2v) is 14.9. The standard InChI is InChI=1S/C54H37NO/c1-35-11-2-5-17-49-45-15-7-4-13-40(45)34-51(54(35)49)55(41-27-21-36(22-28-41)39-26-32-53-50(33-39)48-16-8-9-20-52(48)56-53)42-29-23-38(24-30-42)44-18-10-19-46-43-14-6-3-12-37(43)25-31-47(44)46/h2-35H,1H3/t35-/m1/s1. The molecule has 10 aromatic rings. The van der Waals surface area contributed by atoms with Crippen LogP contribution in [0.25, 0.3) is 82.6 Å². The molecule has 1 aromatic heterocycles. The summed E-state index contributed by atoms with van der Waals surface area (Å²) in [6, 6.07) is 64.0. The molecule has 264 valence electrons. The summed E-state index contributed by atoms with van der Waals surface area (Å²) in [6.45, 7) is 2.31. The van der Waals surface area contributed by atoms with Gasteiger partial charge >= 0.3 is 0 Å². The monoisotopic (exact) mass is 715 g/mol. The van der Waals surface area contributed by atoms with Crippen molar-refractivity contribution >= 4 is 77.4 Å². The predicted octanol–water partition coefficient (Wildman–Crippen LogP) is 15.5. The van der Waals surface area contributed by atoms with E-state index in [1.165, 1.54) is 60.3 Å². The normalized spacial score (nSPS) is 13.8. The summed E-state index contributed by atoms with van der Waals surface area (Å²) < 4.78 is 6.14. The number of hydrogen-bond acceptors (Lipinski definition) is 2. The lowest BCUT2D eigenvalue weighted by Gasteiger charge is -2.31. The molecule has 1 aliphatic rings. The molecule has 0 N–H and O–H groups in total. The molecular weight excluding hydrogens is 679 g/mol. The first kappa shape index (κ1) is 32.3. The largest absolute Gasteiger partial charge is 0.456 e. The summed E-state index contributed by atoms with van der Waals surface area (Å²) in [6.07, 6.45) is 8.96. The van der Waals surface area contributed by atoms with Gasteiger partial charge in [-0.2, -0.15) is 0 Å². The lowest BCUT2D eigenvalue weighted by atomic mass is 9.89. The molecule has 1 aliphatic carbocycles. The fourth-order valence-electron chi connectivity index (χ4n) is 8.92. The third-order valence-corrected chi connectivity index (χ3v) is 11.6. The van der Waals surface area contributed by atoms with E-state index in [1.807, 2.05) is 12.1 Å². The Bertz CT molecular complexity index is 3200. The topological polar surface area (TPSA) is 16.4 Å². The van der Waals surface area contributed by atoms with Gasteiger partial charge in [0.05, 0.1) is 5.69 Å². The van der Waals surface area contributed by atoms with Crippen molar-refractivity contribution < 1.29 is 4.42 Å². The van der Waals surface area contributed by atoms with Crippen molar-refractivity contribution in [2.24, 2.45) is 0 Å². The summed E-state index contributed by atoms with van der Waals surface area (Å²) in [5.41, 5.74) is 12.6. The van der Waals surface area contributed by atoms with E-state index in [4.69, 9.17) is 4.42 Å². The smallest absolute Gasteiger partial charge is 0.135 e. The zero-order valence-corrected chi connectivity index (χ0v) is 31.0. The number of anilines is 3. The average Bonchev–Trinajstić information content (AvgIpc) is 3.51. The van der Waals surface area contributed by atoms with Crippen LogP contribution in [0, 0.1) is 0 Å². The highest BCUT2D eigenvalue weighted by Gasteiger charge is 2.24. The first-order valence-electron chi connectivity index (χ1n) is 19.4. The van der Waals surface area contributed by atoms with Crippen molar-refractivity contribution in [3.05, 3.63) is 205 Å². The molecule has 56 heavy (non-hydrogen) atoms. The molecule has 0 unspecified atom stereocenters. The SMILES string of the molecule is C[C@@H]1C=CC=Cc2c1c(N(c1ccc(-c3ccc4oc5ccccc5c4c3)cc1)c1ccc(-c3cccc4c3ccc3ccccc34)cc1)cc1ccccc21. The minimum Gasteiger partial charge on any atom is -0.456 e. The van der Waals surface area contributed by atoms with E-state index >= 15 is 0 Å². The Morgan fingerprint density at radius 3 is 1.93 bits per heavy atom. The van der Waals surface area contributed by atoms with Crippen LogP contribution in [-0.2, 0) is 0 Å². The van der Waals surface area contributed by atoms with Crippen molar-refractivity contribution in [2.45, 2.75) is 12.8 Å². The van der Waals surface area contributed by atoms with Gasteiger partial charge in [0.1, 0.15) is 11.2 Å². The minimum absolute atomic E-state index is 0.211. The van der Waals surface area contributed by atoms with Gasteiger partial charge in [0.2, 0.25) is 0 Å². The molecule has 1 atom stereocenters. The summed E-state index contributed by atoms with van der Waals surface area (Å²) >= 11 is 0. The van der Waals surface area contributed by atoms with Crippen molar-refractivity contribution in [1.29, 1.82) is 0 Å². The molecule has 11 rings (SSSR count). The Kier molecular flexibility index (Phi) is 7.50. The zero-order chi connectivity index (χ0) is 37.2. The predicted molar refractivity (Wildman–Crippen MR) is 238 cm³/mol. The van der Waals surface area contributed by atoms with E-state index in [0.29, 0.717) is 0 Å². The van der Waals surface area contributed by atoms with Crippen molar-refractivity contribution in [1.82, 2.24) is 0 Å². The second-order valence-electron chi connectivity index (χ2n) is 14.9. The Balaban J connectivity index is 1.07. The van der Waals surface area contributed by atoms with Crippen LogP contribution in [-0.4, -0.2) is 0 Å². The van der Waals surface area contributed by atoms with Gasteiger partial charge in [0, 0.05) is 28.1 Å². The Morgan fingerprint density at radius 1 is 0.446 bits per heavy atom. The lowest BCUT2D eigenvalue weighted by Crippen LogP contribution is -2.14. The molecule has 0 amide bonds. The maximum absolute atomic E-state index is 6.14. The number of hydrogen-bond donors (Lipinski definition) is 0. The number of benzene rings is 9. The van der Waals surface area contributed by atoms with Gasteiger partial charge < -0.3 is 9.32 Å². The van der Waals surface area contributed by atoms with Gasteiger partial charge in [0.25, 0.3) is 0 Å². The molecule has 2 heteroatoms. The maximum atomic E-state index is 6.14. The Morgan fingerprint density at radius 2 is 1.11 bits per heavy atom. The quantitative estimate of drug-likeness (QED) is 0.165. The number of rotatable bonds is 5. The molecule has 0 saturated carbocycles. The molecule has 9 aromatic carbocycles. The van der Waals surface area contributed by atoms with E-state index in [2.05, 4.69) is 200 Å². The summed E-state index contributed by atoms with van der Waals surface area (Å²) in [4.78, 5) is 2.45. The number of nitrogens with zero attached hydrogens (tertiary/aromatic N) is 1. The maximum Gasteiger partial charge on any atom is 0.135 e. The van der Waals surface area contributed by atoms with Crippen molar-refractivity contribution in [3.8, 4) is 22.3 Å². The van der Waals surface area contributed by atoms with Crippen LogP contribution in [0.2, 0.25) is 0 Å². The molecule has 1 heterocycles. The lowest BCUT2D eigenvalue weighted by molar-refractivity contribution is 0.669. The van der Waals surface area contributed by atoms with E-state index in [0.717, 1.165) is 44.4 Å². The van der Waals surface area contributed by atoms with Crippen LogP contribution in [0.1, 0.15) is 24.0 Å². The van der Waals surface area contributed by atoms with Crippen LogP contribution >= 0.6 is 0 Å². The van der Waals surface area contributed by atoms with Crippen molar-refractivity contribution in [3.63, 3.8) is 0 Å². The van der Waals surface area contributed by atoms with Crippen LogP contribution in [0.3, 0.4) is 0 Å².